The van der Waals surface area contributed by atoms with E-state index in [0.29, 0.717) is 23.1 Å². The van der Waals surface area contributed by atoms with Crippen LogP contribution in [-0.4, -0.2) is 35.7 Å². The van der Waals surface area contributed by atoms with Crippen LogP contribution in [0.5, 0.6) is 0 Å². The number of sulfonamides is 1. The number of thioether (sulfide) groups is 1. The minimum absolute atomic E-state index is 0.00973. The number of fused-ring (bicyclic) bond motifs is 1. The molecule has 1 aliphatic rings. The van der Waals surface area contributed by atoms with Gasteiger partial charge in [0.25, 0.3) is 0 Å². The Bertz CT molecular complexity index is 949. The van der Waals surface area contributed by atoms with E-state index >= 15 is 0 Å². The molecule has 9 heteroatoms. The van der Waals surface area contributed by atoms with Crippen LogP contribution in [0.1, 0.15) is 46.0 Å². The number of aromatic nitrogens is 2. The molecule has 1 aromatic carbocycles. The number of carbonyl (C=O) groups excluding carboxylic acids is 1. The summed E-state index contributed by atoms with van der Waals surface area (Å²) in [4.78, 5) is 17.1. The Hall–Kier alpha value is -1.58. The molecule has 0 bridgehead atoms. The van der Waals surface area contributed by atoms with E-state index < -0.39 is 10.0 Å². The van der Waals surface area contributed by atoms with Crippen molar-refractivity contribution in [2.45, 2.75) is 67.8 Å². The molecule has 1 amide bonds. The summed E-state index contributed by atoms with van der Waals surface area (Å²) in [7, 11) is -3.78. The summed E-state index contributed by atoms with van der Waals surface area (Å²) >= 11 is 1.39. The molecule has 3 N–H and O–H groups in total. The number of imidazole rings is 1. The first-order chi connectivity index (χ1) is 13.3. The van der Waals surface area contributed by atoms with Gasteiger partial charge in [-0.05, 0) is 50.8 Å². The van der Waals surface area contributed by atoms with Crippen LogP contribution in [-0.2, 0) is 21.4 Å². The number of benzene rings is 1. The van der Waals surface area contributed by atoms with Gasteiger partial charge >= 0.3 is 0 Å². The van der Waals surface area contributed by atoms with E-state index in [-0.39, 0.29) is 16.1 Å². The Kier molecular flexibility index (Phi) is 6.67. The zero-order valence-electron chi connectivity index (χ0n) is 16.3. The van der Waals surface area contributed by atoms with E-state index in [2.05, 4.69) is 10.3 Å². The molecule has 1 fully saturated rings. The smallest absolute Gasteiger partial charge is 0.238 e. The van der Waals surface area contributed by atoms with Crippen molar-refractivity contribution in [2.75, 3.05) is 6.54 Å². The Morgan fingerprint density at radius 1 is 1.36 bits per heavy atom. The third-order valence-corrected chi connectivity index (χ3v) is 7.27. The van der Waals surface area contributed by atoms with Crippen molar-refractivity contribution in [2.24, 2.45) is 11.1 Å². The fourth-order valence-electron chi connectivity index (χ4n) is 3.65. The molecule has 0 radical (unpaired) electrons. The number of primary sulfonamides is 1. The van der Waals surface area contributed by atoms with E-state index in [1.54, 1.807) is 6.07 Å². The lowest BCUT2D eigenvalue weighted by Gasteiger charge is -2.22. The first kappa shape index (κ1) is 21.1. The largest absolute Gasteiger partial charge is 0.355 e. The first-order valence-corrected chi connectivity index (χ1v) is 12.2. The van der Waals surface area contributed by atoms with Gasteiger partial charge in [0.1, 0.15) is 0 Å². The van der Waals surface area contributed by atoms with E-state index in [9.17, 15) is 13.2 Å². The van der Waals surface area contributed by atoms with Gasteiger partial charge in [-0.15, -0.1) is 0 Å². The lowest BCUT2D eigenvalue weighted by Crippen LogP contribution is -2.35. The molecule has 1 aliphatic carbocycles. The van der Waals surface area contributed by atoms with Gasteiger partial charge in [0.15, 0.2) is 5.16 Å². The Morgan fingerprint density at radius 2 is 2.07 bits per heavy atom. The number of hydrogen-bond acceptors (Lipinski definition) is 5. The summed E-state index contributed by atoms with van der Waals surface area (Å²) < 4.78 is 25.2. The van der Waals surface area contributed by atoms with Gasteiger partial charge < -0.3 is 9.88 Å². The molecule has 3 rings (SSSR count). The summed E-state index contributed by atoms with van der Waals surface area (Å²) in [5.74, 6) is 0.599. The van der Waals surface area contributed by atoms with Crippen molar-refractivity contribution < 1.29 is 13.2 Å². The second-order valence-electron chi connectivity index (χ2n) is 7.34. The molecule has 2 aromatic rings. The fourth-order valence-corrected chi connectivity index (χ4v) is 5.20. The zero-order chi connectivity index (χ0) is 20.3. The highest BCUT2D eigenvalue weighted by Gasteiger charge is 2.21. The molecular weight excluding hydrogens is 396 g/mol. The predicted molar refractivity (Wildman–Crippen MR) is 112 cm³/mol. The summed E-state index contributed by atoms with van der Waals surface area (Å²) in [5, 5.41) is 8.71. The highest BCUT2D eigenvalue weighted by molar-refractivity contribution is 8.00. The number of nitrogens with zero attached hydrogens (tertiary/aromatic N) is 2. The highest BCUT2D eigenvalue weighted by Crippen LogP contribution is 2.29. The Morgan fingerprint density at radius 3 is 2.71 bits per heavy atom. The lowest BCUT2D eigenvalue weighted by molar-refractivity contribution is -0.120. The van der Waals surface area contributed by atoms with Crippen LogP contribution >= 0.6 is 11.8 Å². The summed E-state index contributed by atoms with van der Waals surface area (Å²) in [6.45, 7) is 5.28. The standard InChI is InChI=1S/C19H28N4O3S2/c1-3-23-17-10-9-15(28(20,25)26)11-16(17)22-19(23)27-13(2)18(24)21-12-14-7-5-4-6-8-14/h9-11,13-14H,3-8,12H2,1-2H3,(H,21,24)(H2,20,25,26)/t13-/m0/s1. The van der Waals surface area contributed by atoms with Crippen LogP contribution in [0.3, 0.4) is 0 Å². The third-order valence-electron chi connectivity index (χ3n) is 5.27. The van der Waals surface area contributed by atoms with Gasteiger partial charge in [-0.25, -0.2) is 18.5 Å². The van der Waals surface area contributed by atoms with Crippen molar-refractivity contribution >= 4 is 38.7 Å². The van der Waals surface area contributed by atoms with Gasteiger partial charge in [0.2, 0.25) is 15.9 Å². The predicted octanol–water partition coefficient (Wildman–Crippen LogP) is 2.88. The van der Waals surface area contributed by atoms with Crippen LogP contribution < -0.4 is 10.5 Å². The van der Waals surface area contributed by atoms with E-state index in [4.69, 9.17) is 5.14 Å². The Balaban J connectivity index is 1.72. The average Bonchev–Trinajstić information content (AvgIpc) is 3.02. The lowest BCUT2D eigenvalue weighted by atomic mass is 9.89. The molecule has 1 saturated carbocycles. The minimum Gasteiger partial charge on any atom is -0.355 e. The second-order valence-corrected chi connectivity index (χ2v) is 10.2. The number of rotatable bonds is 7. The van der Waals surface area contributed by atoms with Crippen LogP contribution in [0.2, 0.25) is 0 Å². The number of amides is 1. The van der Waals surface area contributed by atoms with Gasteiger partial charge in [-0.1, -0.05) is 31.0 Å². The van der Waals surface area contributed by atoms with E-state index in [1.165, 1.54) is 56.0 Å². The van der Waals surface area contributed by atoms with Crippen molar-refractivity contribution in [3.63, 3.8) is 0 Å². The molecule has 0 unspecified atom stereocenters. The molecule has 0 aliphatic heterocycles. The number of carbonyl (C=O) groups is 1. The van der Waals surface area contributed by atoms with Gasteiger partial charge in [-0.3, -0.25) is 4.79 Å². The maximum absolute atomic E-state index is 12.5. The number of nitrogens with two attached hydrogens (primary N) is 1. The van der Waals surface area contributed by atoms with Crippen LogP contribution in [0.25, 0.3) is 11.0 Å². The van der Waals surface area contributed by atoms with E-state index in [1.807, 2.05) is 18.4 Å². The summed E-state index contributed by atoms with van der Waals surface area (Å²) in [6.07, 6.45) is 6.20. The molecule has 1 atom stereocenters. The topological polar surface area (TPSA) is 107 Å². The highest BCUT2D eigenvalue weighted by atomic mass is 32.2. The maximum atomic E-state index is 12.5. The third kappa shape index (κ3) is 4.87. The molecule has 7 nitrogen and oxygen atoms in total. The maximum Gasteiger partial charge on any atom is 0.238 e. The Labute approximate surface area is 170 Å². The monoisotopic (exact) mass is 424 g/mol. The summed E-state index contributed by atoms with van der Waals surface area (Å²) in [5.41, 5.74) is 1.39. The van der Waals surface area contributed by atoms with Crippen LogP contribution in [0, 0.1) is 5.92 Å². The zero-order valence-corrected chi connectivity index (χ0v) is 18.0. The van der Waals surface area contributed by atoms with Gasteiger partial charge in [0, 0.05) is 13.1 Å². The quantitative estimate of drug-likeness (QED) is 0.665. The van der Waals surface area contributed by atoms with Crippen molar-refractivity contribution in [1.82, 2.24) is 14.9 Å². The first-order valence-electron chi connectivity index (χ1n) is 9.77. The molecule has 0 spiro atoms. The SMILES string of the molecule is CCn1c(S[C@@H](C)C(=O)NCC2CCCCC2)nc2cc(S(N)(=O)=O)ccc21. The van der Waals surface area contributed by atoms with Crippen LogP contribution in [0.15, 0.2) is 28.3 Å². The van der Waals surface area contributed by atoms with Crippen molar-refractivity contribution in [3.05, 3.63) is 18.2 Å². The molecule has 28 heavy (non-hydrogen) atoms. The number of hydrogen-bond donors (Lipinski definition) is 2. The number of aryl methyl sites for hydroxylation is 1. The molecule has 1 aromatic heterocycles. The minimum atomic E-state index is -3.78. The van der Waals surface area contributed by atoms with Crippen LogP contribution in [0.4, 0.5) is 0 Å². The fraction of sp³-hybridized carbons (Fsp3) is 0.579. The normalized spacial score (nSPS) is 17.0. The molecular formula is C19H28N4O3S2. The van der Waals surface area contributed by atoms with Crippen molar-refractivity contribution in [1.29, 1.82) is 0 Å². The van der Waals surface area contributed by atoms with Gasteiger partial charge in [0.05, 0.1) is 21.2 Å². The van der Waals surface area contributed by atoms with Gasteiger partial charge in [-0.2, -0.15) is 0 Å². The molecule has 0 saturated heterocycles. The molecule has 154 valence electrons. The average molecular weight is 425 g/mol. The molecule has 1 heterocycles. The second kappa shape index (κ2) is 8.84. The number of nitrogens with one attached hydrogen (secondary N) is 1. The summed E-state index contributed by atoms with van der Waals surface area (Å²) in [6, 6.07) is 4.68. The van der Waals surface area contributed by atoms with Crippen molar-refractivity contribution in [3.8, 4) is 0 Å². The van der Waals surface area contributed by atoms with E-state index in [0.717, 1.165) is 12.1 Å².